The van der Waals surface area contributed by atoms with Crippen LogP contribution in [0.25, 0.3) is 0 Å². The van der Waals surface area contributed by atoms with Crippen molar-refractivity contribution in [2.45, 2.75) is 51.6 Å². The fourth-order valence-electron chi connectivity index (χ4n) is 5.63. The highest BCUT2D eigenvalue weighted by molar-refractivity contribution is 5.91. The summed E-state index contributed by atoms with van der Waals surface area (Å²) in [6, 6.07) is 0. The molecular formula is C18H24O2. The molecule has 0 aromatic carbocycles. The summed E-state index contributed by atoms with van der Waals surface area (Å²) in [5.41, 5.74) is 1.42. The van der Waals surface area contributed by atoms with Crippen molar-refractivity contribution in [1.82, 2.24) is 0 Å². The van der Waals surface area contributed by atoms with E-state index in [1.807, 2.05) is 6.08 Å². The molecule has 0 aliphatic heterocycles. The Kier molecular flexibility index (Phi) is 2.76. The molecule has 2 heteroatoms. The van der Waals surface area contributed by atoms with E-state index in [9.17, 15) is 9.90 Å². The van der Waals surface area contributed by atoms with E-state index in [1.54, 1.807) is 0 Å². The zero-order valence-electron chi connectivity index (χ0n) is 12.2. The third-order valence-corrected chi connectivity index (χ3v) is 6.82. The lowest BCUT2D eigenvalue weighted by Gasteiger charge is -2.51. The maximum atomic E-state index is 11.6. The number of aliphatic hydroxyl groups excluding tert-OH is 1. The van der Waals surface area contributed by atoms with Gasteiger partial charge in [-0.3, -0.25) is 4.79 Å². The van der Waals surface area contributed by atoms with Gasteiger partial charge in [0.25, 0.3) is 0 Å². The molecule has 0 aromatic rings. The maximum Gasteiger partial charge on any atom is 0.155 e. The second kappa shape index (κ2) is 4.30. The van der Waals surface area contributed by atoms with Crippen molar-refractivity contribution in [1.29, 1.82) is 0 Å². The highest BCUT2D eigenvalue weighted by atomic mass is 16.3. The molecule has 2 nitrogen and oxygen atoms in total. The van der Waals surface area contributed by atoms with Crippen LogP contribution in [0.5, 0.6) is 0 Å². The summed E-state index contributed by atoms with van der Waals surface area (Å²) in [7, 11) is 0. The first kappa shape index (κ1) is 12.8. The predicted molar refractivity (Wildman–Crippen MR) is 78.0 cm³/mol. The number of allylic oxidation sites excluding steroid dienone is 4. The Morgan fingerprint density at radius 2 is 2.10 bits per heavy atom. The monoisotopic (exact) mass is 272 g/mol. The van der Waals surface area contributed by atoms with Crippen molar-refractivity contribution < 1.29 is 9.90 Å². The molecule has 1 N–H and O–H groups in total. The number of hydrogen-bond donors (Lipinski definition) is 1. The molecule has 0 radical (unpaired) electrons. The second-order valence-corrected chi connectivity index (χ2v) is 7.60. The van der Waals surface area contributed by atoms with Crippen molar-refractivity contribution in [2.75, 3.05) is 0 Å². The van der Waals surface area contributed by atoms with Crippen LogP contribution in [0.1, 0.15) is 45.4 Å². The van der Waals surface area contributed by atoms with Crippen LogP contribution in [0.15, 0.2) is 23.8 Å². The van der Waals surface area contributed by atoms with Crippen LogP contribution >= 0.6 is 0 Å². The number of ketones is 1. The SMILES string of the molecule is C[C@]12CC[C@H]3[C@H](C=CC4=CC(=O)CC[C@H]43)[C@H]1CC[C@H]2O. The second-order valence-electron chi connectivity index (χ2n) is 7.60. The maximum absolute atomic E-state index is 11.6. The summed E-state index contributed by atoms with van der Waals surface area (Å²) < 4.78 is 0. The van der Waals surface area contributed by atoms with Gasteiger partial charge in [0, 0.05) is 6.42 Å². The van der Waals surface area contributed by atoms with Crippen molar-refractivity contribution >= 4 is 5.78 Å². The van der Waals surface area contributed by atoms with Crippen molar-refractivity contribution in [3.8, 4) is 0 Å². The zero-order valence-corrected chi connectivity index (χ0v) is 12.2. The third-order valence-electron chi connectivity index (χ3n) is 6.82. The highest BCUT2D eigenvalue weighted by Gasteiger charge is 2.54. The van der Waals surface area contributed by atoms with Gasteiger partial charge in [0.1, 0.15) is 0 Å². The zero-order chi connectivity index (χ0) is 13.9. The Hall–Kier alpha value is -0.890. The molecule has 0 heterocycles. The van der Waals surface area contributed by atoms with Gasteiger partial charge in [0.2, 0.25) is 0 Å². The molecule has 4 aliphatic carbocycles. The summed E-state index contributed by atoms with van der Waals surface area (Å²) >= 11 is 0. The first-order valence-corrected chi connectivity index (χ1v) is 8.20. The molecule has 108 valence electrons. The fourth-order valence-corrected chi connectivity index (χ4v) is 5.63. The summed E-state index contributed by atoms with van der Waals surface area (Å²) in [5.74, 6) is 2.89. The van der Waals surface area contributed by atoms with Crippen molar-refractivity contribution in [3.63, 3.8) is 0 Å². The van der Waals surface area contributed by atoms with E-state index in [0.29, 0.717) is 29.5 Å². The third kappa shape index (κ3) is 1.64. The number of rotatable bonds is 0. The quantitative estimate of drug-likeness (QED) is 0.735. The molecule has 20 heavy (non-hydrogen) atoms. The van der Waals surface area contributed by atoms with E-state index < -0.39 is 0 Å². The Labute approximate surface area is 120 Å². The van der Waals surface area contributed by atoms with Gasteiger partial charge in [0.05, 0.1) is 6.10 Å². The summed E-state index contributed by atoms with van der Waals surface area (Å²) in [5, 5.41) is 10.4. The van der Waals surface area contributed by atoms with Crippen LogP contribution in [0.4, 0.5) is 0 Å². The lowest BCUT2D eigenvalue weighted by atomic mass is 9.54. The Morgan fingerprint density at radius 1 is 1.25 bits per heavy atom. The Balaban J connectivity index is 1.69. The van der Waals surface area contributed by atoms with Crippen molar-refractivity contribution in [3.05, 3.63) is 23.8 Å². The van der Waals surface area contributed by atoms with Gasteiger partial charge in [-0.25, -0.2) is 0 Å². The van der Waals surface area contributed by atoms with E-state index >= 15 is 0 Å². The number of carbonyl (C=O) groups excluding carboxylic acids is 1. The molecule has 0 spiro atoms. The van der Waals surface area contributed by atoms with Gasteiger partial charge in [-0.1, -0.05) is 19.1 Å². The molecule has 4 rings (SSSR count). The van der Waals surface area contributed by atoms with E-state index in [4.69, 9.17) is 0 Å². The topological polar surface area (TPSA) is 37.3 Å². The fraction of sp³-hybridized carbons (Fsp3) is 0.722. The van der Waals surface area contributed by atoms with Gasteiger partial charge in [-0.2, -0.15) is 0 Å². The van der Waals surface area contributed by atoms with Gasteiger partial charge >= 0.3 is 0 Å². The standard InChI is InChI=1S/C18H24O2/c1-18-9-8-14-13-5-3-12(19)10-11(13)2-4-15(14)16(18)6-7-17(18)20/h2,4,10,13-17,20H,3,5-9H2,1H3/t13-,14-,15+,16-,17-,18+/m1/s1. The summed E-state index contributed by atoms with van der Waals surface area (Å²) in [6.07, 6.45) is 12.7. The molecule has 6 atom stereocenters. The van der Waals surface area contributed by atoms with E-state index in [0.717, 1.165) is 25.7 Å². The van der Waals surface area contributed by atoms with Crippen LogP contribution in [0.2, 0.25) is 0 Å². The molecule has 0 aromatic heterocycles. The van der Waals surface area contributed by atoms with Gasteiger partial charge in [0.15, 0.2) is 5.78 Å². The molecule has 0 unspecified atom stereocenters. The van der Waals surface area contributed by atoms with Crippen LogP contribution in [0.3, 0.4) is 0 Å². The minimum absolute atomic E-state index is 0.105. The number of hydrogen-bond acceptors (Lipinski definition) is 2. The minimum atomic E-state index is -0.105. The van der Waals surface area contributed by atoms with E-state index in [1.165, 1.54) is 18.4 Å². The van der Waals surface area contributed by atoms with Gasteiger partial charge < -0.3 is 5.11 Å². The first-order valence-electron chi connectivity index (χ1n) is 8.20. The van der Waals surface area contributed by atoms with Crippen LogP contribution in [0, 0.1) is 29.1 Å². The minimum Gasteiger partial charge on any atom is -0.393 e. The van der Waals surface area contributed by atoms with E-state index in [2.05, 4.69) is 19.1 Å². The molecule has 0 saturated heterocycles. The molecule has 2 fully saturated rings. The number of fused-ring (bicyclic) bond motifs is 5. The number of carbonyl (C=O) groups is 1. The van der Waals surface area contributed by atoms with Crippen LogP contribution in [-0.2, 0) is 4.79 Å². The predicted octanol–water partition coefficient (Wildman–Crippen LogP) is 3.27. The molecule has 4 aliphatic rings. The average Bonchev–Trinajstić information content (AvgIpc) is 2.74. The lowest BCUT2D eigenvalue weighted by Crippen LogP contribution is -2.46. The normalized spacial score (nSPS) is 50.2. The summed E-state index contributed by atoms with van der Waals surface area (Å²) in [4.78, 5) is 11.6. The van der Waals surface area contributed by atoms with Crippen LogP contribution in [-0.4, -0.2) is 17.0 Å². The molecule has 0 bridgehead atoms. The Morgan fingerprint density at radius 3 is 2.95 bits per heavy atom. The molecular weight excluding hydrogens is 248 g/mol. The first-order chi connectivity index (χ1) is 9.59. The number of aliphatic hydroxyl groups is 1. The van der Waals surface area contributed by atoms with Crippen LogP contribution < -0.4 is 0 Å². The largest absolute Gasteiger partial charge is 0.393 e. The van der Waals surface area contributed by atoms with Crippen molar-refractivity contribution in [2.24, 2.45) is 29.1 Å². The van der Waals surface area contributed by atoms with Gasteiger partial charge in [-0.05, 0) is 72.8 Å². The average molecular weight is 272 g/mol. The molecule has 2 saturated carbocycles. The lowest BCUT2D eigenvalue weighted by molar-refractivity contribution is -0.115. The smallest absolute Gasteiger partial charge is 0.155 e. The van der Waals surface area contributed by atoms with E-state index in [-0.39, 0.29) is 11.5 Å². The molecule has 0 amide bonds. The highest BCUT2D eigenvalue weighted by Crippen LogP contribution is 2.60. The summed E-state index contributed by atoms with van der Waals surface area (Å²) in [6.45, 7) is 2.30. The Bertz CT molecular complexity index is 504. The van der Waals surface area contributed by atoms with Gasteiger partial charge in [-0.15, -0.1) is 0 Å².